The Bertz CT molecular complexity index is 841. The van der Waals surface area contributed by atoms with E-state index in [0.29, 0.717) is 11.3 Å². The summed E-state index contributed by atoms with van der Waals surface area (Å²) < 4.78 is 18.0. The van der Waals surface area contributed by atoms with Crippen molar-refractivity contribution < 1.29 is 18.7 Å². The van der Waals surface area contributed by atoms with E-state index in [2.05, 4.69) is 22.0 Å². The number of esters is 1. The molecule has 28 heavy (non-hydrogen) atoms. The number of ether oxygens (including phenoxy) is 1. The van der Waals surface area contributed by atoms with Crippen LogP contribution in [0.3, 0.4) is 0 Å². The number of hydrogen-bond acceptors (Lipinski definition) is 5. The summed E-state index contributed by atoms with van der Waals surface area (Å²) in [6, 6.07) is 13.4. The summed E-state index contributed by atoms with van der Waals surface area (Å²) in [4.78, 5) is 28.2. The highest BCUT2D eigenvalue weighted by Crippen LogP contribution is 2.20. The first-order valence-electron chi connectivity index (χ1n) is 9.19. The Balaban J connectivity index is 1.54. The molecular weight excluding hydrogens is 361 g/mol. The van der Waals surface area contributed by atoms with Gasteiger partial charge in [-0.2, -0.15) is 0 Å². The summed E-state index contributed by atoms with van der Waals surface area (Å²) >= 11 is 0. The number of rotatable bonds is 5. The quantitative estimate of drug-likeness (QED) is 0.802. The SMILES string of the molecule is COC(=O)c1ccc(N2CCN(CC(=O)Nc3cccc(F)c3)C(C)C2)cc1. The van der Waals surface area contributed by atoms with Crippen LogP contribution in [-0.4, -0.2) is 56.1 Å². The lowest BCUT2D eigenvalue weighted by Crippen LogP contribution is -2.53. The van der Waals surface area contributed by atoms with E-state index in [9.17, 15) is 14.0 Å². The standard InChI is InChI=1S/C21H24FN3O3/c1-15-13-25(19-8-6-16(7-9-19)21(27)28-2)11-10-24(15)14-20(26)23-18-5-3-4-17(22)12-18/h3-9,12,15H,10-11,13-14H2,1-2H3,(H,23,26). The molecule has 0 aliphatic carbocycles. The maximum atomic E-state index is 13.2. The van der Waals surface area contributed by atoms with Crippen LogP contribution in [0.1, 0.15) is 17.3 Å². The van der Waals surface area contributed by atoms with Gasteiger partial charge in [-0.15, -0.1) is 0 Å². The number of nitrogens with zero attached hydrogens (tertiary/aromatic N) is 2. The zero-order valence-electron chi connectivity index (χ0n) is 16.0. The Hall–Kier alpha value is -2.93. The second-order valence-electron chi connectivity index (χ2n) is 6.86. The summed E-state index contributed by atoms with van der Waals surface area (Å²) in [6.07, 6.45) is 0. The molecule has 1 atom stereocenters. The fraction of sp³-hybridized carbons (Fsp3) is 0.333. The number of carbonyl (C=O) groups is 2. The van der Waals surface area contributed by atoms with Gasteiger partial charge in [-0.25, -0.2) is 9.18 Å². The molecule has 1 N–H and O–H groups in total. The van der Waals surface area contributed by atoms with Gasteiger partial charge in [-0.1, -0.05) is 6.07 Å². The predicted octanol–water partition coefficient (Wildman–Crippen LogP) is 2.76. The largest absolute Gasteiger partial charge is 0.465 e. The topological polar surface area (TPSA) is 61.9 Å². The van der Waals surface area contributed by atoms with Crippen LogP contribution in [0.2, 0.25) is 0 Å². The number of anilines is 2. The number of carbonyl (C=O) groups excluding carboxylic acids is 2. The fourth-order valence-corrected chi connectivity index (χ4v) is 3.34. The van der Waals surface area contributed by atoms with Gasteiger partial charge >= 0.3 is 5.97 Å². The Morgan fingerprint density at radius 2 is 1.93 bits per heavy atom. The van der Waals surface area contributed by atoms with E-state index in [0.717, 1.165) is 25.3 Å². The molecule has 1 fully saturated rings. The summed E-state index contributed by atoms with van der Waals surface area (Å²) in [5.74, 6) is -0.889. The van der Waals surface area contributed by atoms with E-state index in [-0.39, 0.29) is 30.3 Å². The van der Waals surface area contributed by atoms with Crippen LogP contribution in [0.15, 0.2) is 48.5 Å². The van der Waals surface area contributed by atoms with Gasteiger partial charge in [0.25, 0.3) is 0 Å². The third-order valence-electron chi connectivity index (χ3n) is 4.87. The molecule has 1 aliphatic heterocycles. The van der Waals surface area contributed by atoms with Gasteiger partial charge in [0, 0.05) is 37.1 Å². The number of halogens is 1. The first-order chi connectivity index (χ1) is 13.5. The Morgan fingerprint density at radius 3 is 2.57 bits per heavy atom. The molecule has 1 heterocycles. The molecule has 2 aromatic rings. The average molecular weight is 385 g/mol. The van der Waals surface area contributed by atoms with Gasteiger partial charge in [0.15, 0.2) is 0 Å². The number of hydrogen-bond donors (Lipinski definition) is 1. The fourth-order valence-electron chi connectivity index (χ4n) is 3.34. The van der Waals surface area contributed by atoms with E-state index in [1.807, 2.05) is 12.1 Å². The zero-order valence-corrected chi connectivity index (χ0v) is 16.0. The van der Waals surface area contributed by atoms with Crippen molar-refractivity contribution in [2.24, 2.45) is 0 Å². The van der Waals surface area contributed by atoms with E-state index in [4.69, 9.17) is 4.74 Å². The van der Waals surface area contributed by atoms with Gasteiger partial charge in [0.1, 0.15) is 5.82 Å². The smallest absolute Gasteiger partial charge is 0.337 e. The maximum Gasteiger partial charge on any atom is 0.337 e. The molecule has 7 heteroatoms. The molecule has 6 nitrogen and oxygen atoms in total. The highest BCUT2D eigenvalue weighted by Gasteiger charge is 2.25. The third-order valence-corrected chi connectivity index (χ3v) is 4.87. The Kier molecular flexibility index (Phi) is 6.26. The average Bonchev–Trinajstić information content (AvgIpc) is 2.69. The molecule has 1 amide bonds. The van der Waals surface area contributed by atoms with Crippen molar-refractivity contribution in [2.75, 3.05) is 43.5 Å². The number of nitrogens with one attached hydrogen (secondary N) is 1. The molecule has 0 saturated carbocycles. The van der Waals surface area contributed by atoms with Crippen molar-refractivity contribution in [2.45, 2.75) is 13.0 Å². The lowest BCUT2D eigenvalue weighted by molar-refractivity contribution is -0.117. The van der Waals surface area contributed by atoms with Crippen LogP contribution >= 0.6 is 0 Å². The minimum Gasteiger partial charge on any atom is -0.465 e. The number of methoxy groups -OCH3 is 1. The molecule has 1 unspecified atom stereocenters. The van der Waals surface area contributed by atoms with E-state index in [1.165, 1.54) is 19.2 Å². The molecular formula is C21H24FN3O3. The molecule has 0 radical (unpaired) electrons. The lowest BCUT2D eigenvalue weighted by Gasteiger charge is -2.40. The lowest BCUT2D eigenvalue weighted by atomic mass is 10.1. The number of piperazine rings is 1. The molecule has 1 aliphatic rings. The highest BCUT2D eigenvalue weighted by atomic mass is 19.1. The van der Waals surface area contributed by atoms with E-state index in [1.54, 1.807) is 24.3 Å². The second kappa shape index (κ2) is 8.84. The minimum atomic E-state index is -0.377. The molecule has 1 saturated heterocycles. The normalized spacial score (nSPS) is 17.2. The van der Waals surface area contributed by atoms with Crippen molar-refractivity contribution in [1.82, 2.24) is 4.90 Å². The molecule has 0 aromatic heterocycles. The summed E-state index contributed by atoms with van der Waals surface area (Å²) in [7, 11) is 1.36. The van der Waals surface area contributed by atoms with Crippen LogP contribution in [-0.2, 0) is 9.53 Å². The van der Waals surface area contributed by atoms with Crippen molar-refractivity contribution in [3.05, 3.63) is 59.9 Å². The van der Waals surface area contributed by atoms with Crippen LogP contribution in [0.4, 0.5) is 15.8 Å². The molecule has 3 rings (SSSR count). The van der Waals surface area contributed by atoms with Gasteiger partial charge in [0.2, 0.25) is 5.91 Å². The van der Waals surface area contributed by atoms with Gasteiger partial charge in [-0.05, 0) is 49.4 Å². The van der Waals surface area contributed by atoms with E-state index >= 15 is 0 Å². The Labute approximate surface area is 163 Å². The number of amides is 1. The summed E-state index contributed by atoms with van der Waals surface area (Å²) in [5.41, 5.74) is 2.01. The van der Waals surface area contributed by atoms with Crippen molar-refractivity contribution >= 4 is 23.3 Å². The van der Waals surface area contributed by atoms with Crippen molar-refractivity contribution in [3.8, 4) is 0 Å². The second-order valence-corrected chi connectivity index (χ2v) is 6.86. The molecule has 148 valence electrons. The van der Waals surface area contributed by atoms with Crippen LogP contribution in [0, 0.1) is 5.82 Å². The first kappa shape index (κ1) is 19.8. The number of benzene rings is 2. The van der Waals surface area contributed by atoms with Crippen LogP contribution in [0.5, 0.6) is 0 Å². The monoisotopic (exact) mass is 385 g/mol. The van der Waals surface area contributed by atoms with Crippen LogP contribution in [0.25, 0.3) is 0 Å². The highest BCUT2D eigenvalue weighted by molar-refractivity contribution is 5.92. The van der Waals surface area contributed by atoms with Gasteiger partial charge in [0.05, 0.1) is 19.2 Å². The zero-order chi connectivity index (χ0) is 20.1. The van der Waals surface area contributed by atoms with Gasteiger partial charge < -0.3 is 15.0 Å². The van der Waals surface area contributed by atoms with E-state index < -0.39 is 0 Å². The minimum absolute atomic E-state index is 0.159. The summed E-state index contributed by atoms with van der Waals surface area (Å²) in [6.45, 7) is 4.60. The van der Waals surface area contributed by atoms with Crippen molar-refractivity contribution in [3.63, 3.8) is 0 Å². The van der Waals surface area contributed by atoms with Gasteiger partial charge in [-0.3, -0.25) is 9.69 Å². The summed E-state index contributed by atoms with van der Waals surface area (Å²) in [5, 5.41) is 2.74. The molecule has 2 aromatic carbocycles. The maximum absolute atomic E-state index is 13.2. The van der Waals surface area contributed by atoms with Crippen LogP contribution < -0.4 is 10.2 Å². The molecule has 0 spiro atoms. The predicted molar refractivity (Wildman–Crippen MR) is 106 cm³/mol. The third kappa shape index (κ3) is 4.86. The first-order valence-corrected chi connectivity index (χ1v) is 9.19. The molecule has 0 bridgehead atoms. The van der Waals surface area contributed by atoms with Crippen molar-refractivity contribution in [1.29, 1.82) is 0 Å². The Morgan fingerprint density at radius 1 is 1.18 bits per heavy atom.